The number of ether oxygens (including phenoxy) is 1. The van der Waals surface area contributed by atoms with Gasteiger partial charge in [0, 0.05) is 12.8 Å². The second-order valence-corrected chi connectivity index (χ2v) is 14.4. The second kappa shape index (κ2) is 36.6. The maximum atomic E-state index is 12.7. The Balaban J connectivity index is 3.98. The number of hydrogen-bond donors (Lipinski definition) is 3. The van der Waals surface area contributed by atoms with E-state index in [4.69, 9.17) is 10.5 Å². The van der Waals surface area contributed by atoms with Gasteiger partial charge in [-0.15, -0.1) is 0 Å². The first-order chi connectivity index (χ1) is 23.4. The summed E-state index contributed by atoms with van der Waals surface area (Å²) in [6.07, 6.45) is 37.4. The van der Waals surface area contributed by atoms with Crippen molar-refractivity contribution in [2.45, 2.75) is 238 Å². The van der Waals surface area contributed by atoms with Gasteiger partial charge < -0.3 is 20.9 Å². The first kappa shape index (κ1) is 46.4. The monoisotopic (exact) mass is 681 g/mol. The van der Waals surface area contributed by atoms with Gasteiger partial charge in [-0.2, -0.15) is 0 Å². The van der Waals surface area contributed by atoms with Crippen LogP contribution in [-0.4, -0.2) is 41.6 Å². The molecular weight excluding hydrogens is 600 g/mol. The van der Waals surface area contributed by atoms with E-state index in [1.54, 1.807) is 0 Å². The summed E-state index contributed by atoms with van der Waals surface area (Å²) in [5.41, 5.74) is 5.47. The van der Waals surface area contributed by atoms with E-state index in [1.165, 1.54) is 128 Å². The Morgan fingerprint density at radius 3 is 1.29 bits per heavy atom. The maximum absolute atomic E-state index is 12.7. The predicted molar refractivity (Wildman–Crippen MR) is 202 cm³/mol. The fraction of sp³-hybridized carbons (Fsp3) is 0.927. The molecule has 4 N–H and O–H groups in total. The second-order valence-electron chi connectivity index (χ2n) is 14.4. The first-order valence-electron chi connectivity index (χ1n) is 20.9. The fourth-order valence-corrected chi connectivity index (χ4v) is 6.51. The van der Waals surface area contributed by atoms with Crippen molar-refractivity contribution in [3.05, 3.63) is 0 Å². The highest BCUT2D eigenvalue weighted by Gasteiger charge is 2.19. The molecule has 0 heterocycles. The summed E-state index contributed by atoms with van der Waals surface area (Å²) < 4.78 is 5.97. The van der Waals surface area contributed by atoms with Gasteiger partial charge in [-0.1, -0.05) is 162 Å². The van der Waals surface area contributed by atoms with Crippen molar-refractivity contribution >= 4 is 17.8 Å². The highest BCUT2D eigenvalue weighted by atomic mass is 16.5. The number of unbranched alkanes of at least 4 members (excludes halogenated alkanes) is 24. The van der Waals surface area contributed by atoms with Gasteiger partial charge in [-0.05, 0) is 57.9 Å². The van der Waals surface area contributed by atoms with Gasteiger partial charge in [0.25, 0.3) is 0 Å². The minimum absolute atomic E-state index is 0.00292. The fourth-order valence-electron chi connectivity index (χ4n) is 6.51. The third kappa shape index (κ3) is 32.9. The van der Waals surface area contributed by atoms with Gasteiger partial charge in [0.15, 0.2) is 0 Å². The minimum atomic E-state index is -1.01. The van der Waals surface area contributed by atoms with Crippen molar-refractivity contribution in [1.29, 1.82) is 0 Å². The summed E-state index contributed by atoms with van der Waals surface area (Å²) in [4.78, 5) is 36.2. The number of aliphatic carboxylic acids is 1. The number of carboxylic acid groups (broad SMARTS) is 1. The number of rotatable bonds is 38. The Kier molecular flexibility index (Phi) is 35.4. The number of nitrogens with one attached hydrogen (secondary N) is 1. The molecule has 1 amide bonds. The normalized spacial score (nSPS) is 12.6. The van der Waals surface area contributed by atoms with E-state index in [-0.39, 0.29) is 18.0 Å². The zero-order valence-corrected chi connectivity index (χ0v) is 31.9. The van der Waals surface area contributed by atoms with Crippen LogP contribution in [0.25, 0.3) is 0 Å². The lowest BCUT2D eigenvalue weighted by molar-refractivity contribution is -0.150. The number of amides is 1. The molecule has 0 spiro atoms. The standard InChI is InChI=1S/C41H80N2O5/c1-3-5-7-9-10-11-12-13-14-15-16-17-18-19-20-21-23-29-35-40(45)48-37(31-26-22-8-6-4-2)32-27-24-25-28-34-39(44)43-38(41(46)47)33-30-36-42/h37-38H,3-36,42H2,1-2H3,(H,43,44)(H,46,47). The maximum Gasteiger partial charge on any atom is 0.326 e. The largest absolute Gasteiger partial charge is 0.480 e. The van der Waals surface area contributed by atoms with Crippen molar-refractivity contribution in [3.8, 4) is 0 Å². The summed E-state index contributed by atoms with van der Waals surface area (Å²) >= 11 is 0. The molecule has 0 saturated carbocycles. The third-order valence-corrected chi connectivity index (χ3v) is 9.67. The van der Waals surface area contributed by atoms with Gasteiger partial charge in [0.05, 0.1) is 0 Å². The average molecular weight is 681 g/mol. The highest BCUT2D eigenvalue weighted by Crippen LogP contribution is 2.19. The van der Waals surface area contributed by atoms with E-state index in [0.29, 0.717) is 32.2 Å². The number of carbonyl (C=O) groups excluding carboxylic acids is 2. The van der Waals surface area contributed by atoms with Gasteiger partial charge >= 0.3 is 11.9 Å². The molecule has 2 atom stereocenters. The average Bonchev–Trinajstić information content (AvgIpc) is 3.07. The molecule has 7 nitrogen and oxygen atoms in total. The topological polar surface area (TPSA) is 119 Å². The molecule has 0 aliphatic carbocycles. The van der Waals surface area contributed by atoms with Crippen LogP contribution in [0.3, 0.4) is 0 Å². The molecule has 0 aliphatic rings. The summed E-state index contributed by atoms with van der Waals surface area (Å²) in [5, 5.41) is 11.9. The summed E-state index contributed by atoms with van der Waals surface area (Å²) in [5.74, 6) is -1.26. The van der Waals surface area contributed by atoms with Crippen LogP contribution < -0.4 is 11.1 Å². The van der Waals surface area contributed by atoms with E-state index < -0.39 is 12.0 Å². The molecule has 0 aromatic heterocycles. The molecule has 0 rings (SSSR count). The summed E-state index contributed by atoms with van der Waals surface area (Å²) in [6, 6.07) is -0.859. The van der Waals surface area contributed by atoms with Gasteiger partial charge in [0.1, 0.15) is 12.1 Å². The van der Waals surface area contributed by atoms with E-state index in [9.17, 15) is 19.5 Å². The first-order valence-corrected chi connectivity index (χ1v) is 20.9. The van der Waals surface area contributed by atoms with Gasteiger partial charge in [-0.25, -0.2) is 4.79 Å². The number of carbonyl (C=O) groups is 3. The van der Waals surface area contributed by atoms with Crippen molar-refractivity contribution in [1.82, 2.24) is 5.32 Å². The molecule has 0 bridgehead atoms. The van der Waals surface area contributed by atoms with Crippen molar-refractivity contribution in [3.63, 3.8) is 0 Å². The van der Waals surface area contributed by atoms with Gasteiger partial charge in [0.2, 0.25) is 5.91 Å². The molecule has 7 heteroatoms. The Morgan fingerprint density at radius 2 is 0.896 bits per heavy atom. The van der Waals surface area contributed by atoms with Crippen LogP contribution >= 0.6 is 0 Å². The number of nitrogens with two attached hydrogens (primary N) is 1. The van der Waals surface area contributed by atoms with Gasteiger partial charge in [-0.3, -0.25) is 9.59 Å². The lowest BCUT2D eigenvalue weighted by atomic mass is 10.0. The Hall–Kier alpha value is -1.63. The number of hydrogen-bond acceptors (Lipinski definition) is 5. The minimum Gasteiger partial charge on any atom is -0.480 e. The molecule has 0 aromatic carbocycles. The molecule has 0 aliphatic heterocycles. The molecule has 284 valence electrons. The zero-order chi connectivity index (χ0) is 35.3. The van der Waals surface area contributed by atoms with E-state index in [1.807, 2.05) is 0 Å². The van der Waals surface area contributed by atoms with Crippen LogP contribution in [0.2, 0.25) is 0 Å². The Morgan fingerprint density at radius 1 is 0.521 bits per heavy atom. The van der Waals surface area contributed by atoms with Crippen LogP contribution in [0.1, 0.15) is 226 Å². The van der Waals surface area contributed by atoms with Crippen LogP contribution in [0.5, 0.6) is 0 Å². The molecule has 0 fully saturated rings. The van der Waals surface area contributed by atoms with Crippen LogP contribution in [-0.2, 0) is 19.1 Å². The molecule has 48 heavy (non-hydrogen) atoms. The predicted octanol–water partition coefficient (Wildman–Crippen LogP) is 11.3. The van der Waals surface area contributed by atoms with E-state index in [2.05, 4.69) is 19.2 Å². The SMILES string of the molecule is CCCCCCCCCCCCCCCCCCCCC(=O)OC(CCCCCCC)CCCCCCC(=O)NC(CCCN)C(=O)O. The molecule has 0 aromatic rings. The van der Waals surface area contributed by atoms with Crippen molar-refractivity contribution in [2.75, 3.05) is 6.54 Å². The number of esters is 1. The lowest BCUT2D eigenvalue weighted by Crippen LogP contribution is -2.40. The smallest absolute Gasteiger partial charge is 0.326 e. The number of carboxylic acids is 1. The van der Waals surface area contributed by atoms with Crippen LogP contribution in [0.15, 0.2) is 0 Å². The quantitative estimate of drug-likeness (QED) is 0.0441. The highest BCUT2D eigenvalue weighted by molar-refractivity contribution is 5.83. The van der Waals surface area contributed by atoms with E-state index >= 15 is 0 Å². The van der Waals surface area contributed by atoms with E-state index in [0.717, 1.165) is 57.8 Å². The zero-order valence-electron chi connectivity index (χ0n) is 31.9. The molecule has 0 saturated heterocycles. The molecule has 2 unspecified atom stereocenters. The third-order valence-electron chi connectivity index (χ3n) is 9.67. The summed E-state index contributed by atoms with van der Waals surface area (Å²) in [6.45, 7) is 4.92. The van der Waals surface area contributed by atoms with Crippen molar-refractivity contribution < 1.29 is 24.2 Å². The Labute approximate surface area is 297 Å². The van der Waals surface area contributed by atoms with Crippen molar-refractivity contribution in [2.24, 2.45) is 5.73 Å². The molecule has 0 radical (unpaired) electrons. The Bertz CT molecular complexity index is 732. The molecular formula is C41H80N2O5. The van der Waals surface area contributed by atoms with Crippen LogP contribution in [0, 0.1) is 0 Å². The summed E-state index contributed by atoms with van der Waals surface area (Å²) in [7, 11) is 0. The van der Waals surface area contributed by atoms with Crippen LogP contribution in [0.4, 0.5) is 0 Å². The lowest BCUT2D eigenvalue weighted by Gasteiger charge is -2.18.